The maximum absolute atomic E-state index is 14.7. The molecule has 20 nitrogen and oxygen atoms in total. The van der Waals surface area contributed by atoms with E-state index in [1.165, 1.54) is 77.9 Å². The molecule has 0 spiro atoms. The van der Waals surface area contributed by atoms with Crippen LogP contribution in [-0.2, 0) is 64.7 Å². The van der Waals surface area contributed by atoms with Crippen LogP contribution >= 0.6 is 0 Å². The number of unbranched alkanes of at least 4 members (excludes halogenated alkanes) is 6. The van der Waals surface area contributed by atoms with Gasteiger partial charge < -0.3 is 15.2 Å². The third-order valence-electron chi connectivity index (χ3n) is 16.5. The van der Waals surface area contributed by atoms with Gasteiger partial charge in [0.2, 0.25) is 50.1 Å². The summed E-state index contributed by atoms with van der Waals surface area (Å²) < 4.78 is 185. The molecule has 2 N–H and O–H groups in total. The van der Waals surface area contributed by atoms with Crippen LogP contribution in [0.1, 0.15) is 98.1 Å². The van der Waals surface area contributed by atoms with Crippen molar-refractivity contribution in [2.45, 2.75) is 141 Å². The molecule has 518 valence electrons. The van der Waals surface area contributed by atoms with Crippen LogP contribution in [0.4, 0.5) is 0 Å². The minimum Gasteiger partial charge on any atom is -0.395 e. The summed E-state index contributed by atoms with van der Waals surface area (Å²) in [5, 5.41) is 11.2. The van der Waals surface area contributed by atoms with Crippen LogP contribution in [0.15, 0.2) is 175 Å². The Morgan fingerprint density at radius 3 is 0.872 bits per heavy atom. The lowest BCUT2D eigenvalue weighted by Gasteiger charge is -2.29. The first-order chi connectivity index (χ1) is 44.5. The van der Waals surface area contributed by atoms with E-state index in [-0.39, 0.29) is 127 Å². The number of ether oxygens (including phenoxy) is 1. The van der Waals surface area contributed by atoms with E-state index < -0.39 is 65.2 Å². The predicted octanol–water partition coefficient (Wildman–Crippen LogP) is 9.26. The number of aliphatic hydroxyl groups is 1. The number of sulfone groups is 1. The molecule has 0 aromatic heterocycles. The van der Waals surface area contributed by atoms with Gasteiger partial charge in [-0.2, -0.15) is 21.5 Å². The minimum absolute atomic E-state index is 0.000265. The van der Waals surface area contributed by atoms with E-state index in [1.807, 2.05) is 41.5 Å². The van der Waals surface area contributed by atoms with Gasteiger partial charge in [0.25, 0.3) is 0 Å². The molecule has 6 aromatic rings. The molecule has 6 rings (SSSR count). The number of aliphatic hydroxyl groups excluding tert-OH is 1. The van der Waals surface area contributed by atoms with E-state index in [1.54, 1.807) is 91.9 Å². The fourth-order valence-electron chi connectivity index (χ4n) is 10.6. The Morgan fingerprint density at radius 1 is 0.330 bits per heavy atom. The van der Waals surface area contributed by atoms with Crippen LogP contribution in [0.5, 0.6) is 0 Å². The van der Waals surface area contributed by atoms with Gasteiger partial charge in [-0.1, -0.05) is 145 Å². The molecule has 1 unspecified atom stereocenters. The number of hydrogen-bond donors (Lipinski definition) is 2. The Labute approximate surface area is 561 Å². The minimum atomic E-state index is -4.34. The predicted molar refractivity (Wildman–Crippen MR) is 370 cm³/mol. The molecule has 0 aliphatic heterocycles. The van der Waals surface area contributed by atoms with Gasteiger partial charge in [-0.3, -0.25) is 0 Å². The average Bonchev–Trinajstić information content (AvgIpc) is 0.819. The monoisotopic (exact) mass is 1410 g/mol. The van der Waals surface area contributed by atoms with Crippen molar-refractivity contribution in [1.82, 2.24) is 26.8 Å². The third-order valence-corrected chi connectivity index (χ3v) is 28.5. The largest absolute Gasteiger partial charge is 0.395 e. The Kier molecular flexibility index (Phi) is 30.0. The van der Waals surface area contributed by atoms with E-state index in [9.17, 15) is 50.5 Å². The van der Waals surface area contributed by atoms with Crippen LogP contribution in [0.25, 0.3) is 0 Å². The van der Waals surface area contributed by atoms with Crippen LogP contribution in [-0.4, -0.2) is 181 Å². The van der Waals surface area contributed by atoms with E-state index in [0.717, 1.165) is 44.1 Å². The molecule has 0 heterocycles. The molecule has 0 radical (unpaired) electrons. The zero-order valence-electron chi connectivity index (χ0n) is 55.3. The molecule has 0 saturated carbocycles. The summed E-state index contributed by atoms with van der Waals surface area (Å²) >= 11 is 0. The molecule has 26 heteroatoms. The summed E-state index contributed by atoms with van der Waals surface area (Å²) in [6.45, 7) is 11.8. The molecule has 6 aromatic carbocycles. The molecular formula is C68H96N6O14S6. The van der Waals surface area contributed by atoms with Gasteiger partial charge in [0, 0.05) is 78.5 Å². The normalized spacial score (nSPS) is 13.2. The van der Waals surface area contributed by atoms with E-state index >= 15 is 0 Å². The third kappa shape index (κ3) is 22.1. The first kappa shape index (κ1) is 77.7. The second kappa shape index (κ2) is 36.3. The van der Waals surface area contributed by atoms with Gasteiger partial charge >= 0.3 is 0 Å². The van der Waals surface area contributed by atoms with E-state index in [4.69, 9.17) is 9.84 Å². The first-order valence-corrected chi connectivity index (χ1v) is 40.8. The van der Waals surface area contributed by atoms with Gasteiger partial charge in [-0.25, -0.2) is 50.5 Å². The molecule has 0 fully saturated rings. The van der Waals surface area contributed by atoms with Gasteiger partial charge in [-0.05, 0) is 140 Å². The summed E-state index contributed by atoms with van der Waals surface area (Å²) in [5.74, 6) is 0. The lowest BCUT2D eigenvalue weighted by molar-refractivity contribution is 0.122. The molecule has 0 bridgehead atoms. The highest BCUT2D eigenvalue weighted by Crippen LogP contribution is 2.27. The Morgan fingerprint density at radius 2 is 0.585 bits per heavy atom. The number of hydrogen-bond acceptors (Lipinski definition) is 15. The zero-order valence-corrected chi connectivity index (χ0v) is 60.2. The average molecular weight is 1410 g/mol. The van der Waals surface area contributed by atoms with Crippen molar-refractivity contribution in [2.24, 2.45) is 0 Å². The van der Waals surface area contributed by atoms with Gasteiger partial charge in [-0.15, -0.1) is 0 Å². The number of benzene rings is 6. The van der Waals surface area contributed by atoms with E-state index in [2.05, 4.69) is 5.32 Å². The maximum Gasteiger partial charge on any atom is 0.243 e. The van der Waals surface area contributed by atoms with Crippen molar-refractivity contribution in [3.8, 4) is 0 Å². The van der Waals surface area contributed by atoms with Gasteiger partial charge in [0.15, 0.2) is 9.84 Å². The number of rotatable bonds is 43. The highest BCUT2D eigenvalue weighted by molar-refractivity contribution is 7.92. The molecule has 0 aliphatic carbocycles. The van der Waals surface area contributed by atoms with Gasteiger partial charge in [0.1, 0.15) is 0 Å². The smallest absolute Gasteiger partial charge is 0.243 e. The lowest BCUT2D eigenvalue weighted by atomic mass is 10.1. The SMILES string of the molecule is CCC(CCN(CCN(CCCCCCCCCN(CCN(CCN(CCOCCNCCO)S(=O)(=O)c1ccc(C)cc1)S(=O)(=O)c1ccc(C)cc1)S(=O)(=O)c1ccc(C)cc1)S(=O)(=O)c1ccc(C)cc1)S(=O)(=O)c1ccc(C)cc1)S(=O)(=O)c1ccc(C)cc1. The Bertz CT molecular complexity index is 4020. The summed E-state index contributed by atoms with van der Waals surface area (Å²) in [6.07, 6.45) is 4.35. The molecule has 94 heavy (non-hydrogen) atoms. The van der Waals surface area contributed by atoms with Crippen molar-refractivity contribution in [1.29, 1.82) is 0 Å². The number of nitrogens with one attached hydrogen (secondary N) is 1. The van der Waals surface area contributed by atoms with E-state index in [0.29, 0.717) is 51.6 Å². The number of nitrogens with zero attached hydrogens (tertiary/aromatic N) is 5. The molecule has 0 saturated heterocycles. The zero-order chi connectivity index (χ0) is 68.7. The second-order valence-corrected chi connectivity index (χ2v) is 35.7. The van der Waals surface area contributed by atoms with Crippen molar-refractivity contribution in [2.75, 3.05) is 98.4 Å². The summed E-state index contributed by atoms with van der Waals surface area (Å²) in [7, 11) is -25.0. The van der Waals surface area contributed by atoms with Crippen molar-refractivity contribution >= 4 is 60.0 Å². The Hall–Kier alpha value is -5.30. The number of sulfonamides is 5. The standard InChI is InChI=1S/C68H96N6O14S6/c1-8-62(89(76,77)63-28-16-56(2)17-29-63)40-45-72(92(82,83)66-34-22-59(5)23-35-66)48-46-70(90(78,79)64-30-18-57(3)19-31-64)43-14-12-10-9-11-13-15-44-71(91(80,81)65-32-20-58(4)21-33-65)47-49-73(93(84,85)67-36-24-60(6)25-37-67)50-51-74(52-55-88-54-42-69-41-53-75)94(86,87)68-38-26-61(7)27-39-68/h16-39,62,69,75H,8-15,40-55H2,1-7H3. The van der Waals surface area contributed by atoms with Crippen molar-refractivity contribution in [3.05, 3.63) is 179 Å². The summed E-state index contributed by atoms with van der Waals surface area (Å²) in [4.78, 5) is 0.186. The fourth-order valence-corrected chi connectivity index (χ4v) is 19.6. The first-order valence-electron chi connectivity index (χ1n) is 32.1. The van der Waals surface area contributed by atoms with Crippen LogP contribution in [0.2, 0.25) is 0 Å². The van der Waals surface area contributed by atoms with Gasteiger partial charge in [0.05, 0.1) is 54.4 Å². The summed E-state index contributed by atoms with van der Waals surface area (Å²) in [5.41, 5.74) is 5.08. The quantitative estimate of drug-likeness (QED) is 0.0338. The number of aryl methyl sites for hydroxylation is 6. The van der Waals surface area contributed by atoms with Crippen molar-refractivity contribution in [3.63, 3.8) is 0 Å². The van der Waals surface area contributed by atoms with Crippen molar-refractivity contribution < 1.29 is 60.4 Å². The maximum atomic E-state index is 14.7. The van der Waals surface area contributed by atoms with Crippen LogP contribution in [0.3, 0.4) is 0 Å². The topological polar surface area (TPSA) is 263 Å². The highest BCUT2D eigenvalue weighted by atomic mass is 32.2. The second-order valence-electron chi connectivity index (χ2n) is 23.8. The molecular weight excluding hydrogens is 1320 g/mol. The lowest BCUT2D eigenvalue weighted by Crippen LogP contribution is -2.45. The molecule has 1 atom stereocenters. The highest BCUT2D eigenvalue weighted by Gasteiger charge is 2.35. The molecule has 0 amide bonds. The molecule has 0 aliphatic rings. The van der Waals surface area contributed by atoms with Crippen LogP contribution in [0, 0.1) is 41.5 Å². The summed E-state index contributed by atoms with van der Waals surface area (Å²) in [6, 6.07) is 38.3. The fraction of sp³-hybridized carbons (Fsp3) is 0.471. The Balaban J connectivity index is 1.15. The van der Waals surface area contributed by atoms with Crippen LogP contribution < -0.4 is 5.32 Å².